The molecule has 0 bridgehead atoms. The molecule has 0 amide bonds. The van der Waals surface area contributed by atoms with E-state index in [2.05, 4.69) is 32.6 Å². The third-order valence-electron chi connectivity index (χ3n) is 5.15. The lowest BCUT2D eigenvalue weighted by Crippen LogP contribution is -2.66. The molecule has 3 nitrogen and oxygen atoms in total. The zero-order chi connectivity index (χ0) is 12.7. The van der Waals surface area contributed by atoms with Crippen LogP contribution in [0.25, 0.3) is 0 Å². The van der Waals surface area contributed by atoms with Gasteiger partial charge < -0.3 is 10.5 Å². The van der Waals surface area contributed by atoms with Crippen molar-refractivity contribution in [3.63, 3.8) is 0 Å². The molecule has 2 fully saturated rings. The quantitative estimate of drug-likeness (QED) is 0.802. The van der Waals surface area contributed by atoms with Gasteiger partial charge in [0.05, 0.1) is 12.7 Å². The molecule has 1 aliphatic heterocycles. The summed E-state index contributed by atoms with van der Waals surface area (Å²) < 4.78 is 5.76. The van der Waals surface area contributed by atoms with Crippen molar-refractivity contribution in [3.8, 4) is 0 Å². The van der Waals surface area contributed by atoms with Crippen molar-refractivity contribution in [1.82, 2.24) is 4.90 Å². The van der Waals surface area contributed by atoms with Gasteiger partial charge in [0.2, 0.25) is 0 Å². The molecule has 2 aliphatic rings. The molecule has 3 unspecified atom stereocenters. The number of hydrogen-bond donors (Lipinski definition) is 1. The van der Waals surface area contributed by atoms with E-state index in [0.29, 0.717) is 17.6 Å². The van der Waals surface area contributed by atoms with Crippen LogP contribution in [0.1, 0.15) is 47.0 Å². The fourth-order valence-corrected chi connectivity index (χ4v) is 3.92. The monoisotopic (exact) mass is 240 g/mol. The minimum absolute atomic E-state index is 0.185. The van der Waals surface area contributed by atoms with Gasteiger partial charge in [-0.3, -0.25) is 4.90 Å². The molecule has 1 heterocycles. The summed E-state index contributed by atoms with van der Waals surface area (Å²) in [6, 6.07) is 0.493. The Morgan fingerprint density at radius 1 is 1.29 bits per heavy atom. The maximum Gasteiger partial charge on any atom is 0.0675 e. The highest BCUT2D eigenvalue weighted by Crippen LogP contribution is 2.50. The molecule has 2 rings (SSSR count). The van der Waals surface area contributed by atoms with Crippen LogP contribution in [0, 0.1) is 5.41 Å². The predicted molar refractivity (Wildman–Crippen MR) is 71.0 cm³/mol. The van der Waals surface area contributed by atoms with Crippen LogP contribution >= 0.6 is 0 Å². The van der Waals surface area contributed by atoms with Gasteiger partial charge in [-0.15, -0.1) is 0 Å². The van der Waals surface area contributed by atoms with Crippen molar-refractivity contribution in [1.29, 1.82) is 0 Å². The van der Waals surface area contributed by atoms with Gasteiger partial charge in [-0.1, -0.05) is 20.3 Å². The Labute approximate surface area is 106 Å². The number of hydrogen-bond acceptors (Lipinski definition) is 3. The second-order valence-electron chi connectivity index (χ2n) is 6.62. The van der Waals surface area contributed by atoms with Crippen LogP contribution in [0.4, 0.5) is 0 Å². The summed E-state index contributed by atoms with van der Waals surface area (Å²) in [6.07, 6.45) is 4.19. The first-order chi connectivity index (χ1) is 7.93. The maximum absolute atomic E-state index is 6.20. The van der Waals surface area contributed by atoms with Crippen LogP contribution in [0.2, 0.25) is 0 Å². The van der Waals surface area contributed by atoms with Gasteiger partial charge in [0.1, 0.15) is 0 Å². The highest BCUT2D eigenvalue weighted by Gasteiger charge is 2.53. The van der Waals surface area contributed by atoms with E-state index in [0.717, 1.165) is 19.7 Å². The molecule has 17 heavy (non-hydrogen) atoms. The van der Waals surface area contributed by atoms with Crippen LogP contribution in [0.15, 0.2) is 0 Å². The van der Waals surface area contributed by atoms with E-state index in [1.165, 1.54) is 19.3 Å². The van der Waals surface area contributed by atoms with Crippen LogP contribution in [-0.2, 0) is 4.74 Å². The van der Waals surface area contributed by atoms with Gasteiger partial charge in [-0.25, -0.2) is 0 Å². The highest BCUT2D eigenvalue weighted by atomic mass is 16.5. The van der Waals surface area contributed by atoms with E-state index < -0.39 is 0 Å². The molecular weight excluding hydrogens is 212 g/mol. The lowest BCUT2D eigenvalue weighted by Gasteiger charge is -2.54. The van der Waals surface area contributed by atoms with Crippen molar-refractivity contribution < 1.29 is 4.74 Å². The van der Waals surface area contributed by atoms with Crippen LogP contribution in [0.5, 0.6) is 0 Å². The Morgan fingerprint density at radius 3 is 2.53 bits per heavy atom. The lowest BCUT2D eigenvalue weighted by molar-refractivity contribution is -0.116. The van der Waals surface area contributed by atoms with Crippen molar-refractivity contribution in [2.75, 3.05) is 19.7 Å². The number of nitrogens with zero attached hydrogens (tertiary/aromatic N) is 1. The zero-order valence-electron chi connectivity index (χ0n) is 11.8. The van der Waals surface area contributed by atoms with Crippen LogP contribution in [-0.4, -0.2) is 42.3 Å². The average Bonchev–Trinajstić information content (AvgIpc) is 2.58. The first kappa shape index (κ1) is 13.3. The standard InChI is InChI=1S/C14H28N2O/c1-11-9-17-12(2)8-16(11)14(10-15)7-5-6-13(14,3)4/h11-12H,5-10,15H2,1-4H3. The van der Waals surface area contributed by atoms with Gasteiger partial charge in [0.25, 0.3) is 0 Å². The lowest BCUT2D eigenvalue weighted by atomic mass is 9.72. The molecule has 2 N–H and O–H groups in total. The van der Waals surface area contributed by atoms with E-state index in [4.69, 9.17) is 10.5 Å². The molecule has 100 valence electrons. The second-order valence-corrected chi connectivity index (χ2v) is 6.62. The van der Waals surface area contributed by atoms with E-state index in [-0.39, 0.29) is 5.54 Å². The van der Waals surface area contributed by atoms with Crippen molar-refractivity contribution >= 4 is 0 Å². The Balaban J connectivity index is 2.27. The van der Waals surface area contributed by atoms with Crippen LogP contribution in [0.3, 0.4) is 0 Å². The molecule has 3 heteroatoms. The Kier molecular flexibility index (Phi) is 3.54. The second kappa shape index (κ2) is 4.52. The van der Waals surface area contributed by atoms with Gasteiger partial charge in [-0.05, 0) is 32.1 Å². The van der Waals surface area contributed by atoms with E-state index >= 15 is 0 Å². The molecule has 1 aliphatic carbocycles. The number of rotatable bonds is 2. The number of nitrogens with two attached hydrogens (primary N) is 1. The molecule has 0 aromatic rings. The Bertz CT molecular complexity index is 279. The van der Waals surface area contributed by atoms with Gasteiger partial charge >= 0.3 is 0 Å². The molecule has 0 spiro atoms. The van der Waals surface area contributed by atoms with Gasteiger partial charge in [0, 0.05) is 24.7 Å². The summed E-state index contributed by atoms with van der Waals surface area (Å²) in [5.41, 5.74) is 6.71. The minimum Gasteiger partial charge on any atom is -0.376 e. The largest absolute Gasteiger partial charge is 0.376 e. The summed E-state index contributed by atoms with van der Waals surface area (Å²) in [5.74, 6) is 0. The Hall–Kier alpha value is -0.120. The molecule has 1 saturated carbocycles. The molecule has 3 atom stereocenters. The van der Waals surface area contributed by atoms with Crippen molar-refractivity contribution in [2.45, 2.75) is 64.6 Å². The van der Waals surface area contributed by atoms with Crippen molar-refractivity contribution in [2.24, 2.45) is 11.1 Å². The molecular formula is C14H28N2O. The molecule has 0 aromatic heterocycles. The smallest absolute Gasteiger partial charge is 0.0675 e. The fraction of sp³-hybridized carbons (Fsp3) is 1.00. The van der Waals surface area contributed by atoms with Crippen LogP contribution < -0.4 is 5.73 Å². The zero-order valence-corrected chi connectivity index (χ0v) is 11.8. The number of ether oxygens (including phenoxy) is 1. The minimum atomic E-state index is 0.185. The van der Waals surface area contributed by atoms with Crippen molar-refractivity contribution in [3.05, 3.63) is 0 Å². The van der Waals surface area contributed by atoms with E-state index in [1.807, 2.05) is 0 Å². The molecule has 0 aromatic carbocycles. The maximum atomic E-state index is 6.20. The van der Waals surface area contributed by atoms with Gasteiger partial charge in [-0.2, -0.15) is 0 Å². The van der Waals surface area contributed by atoms with Gasteiger partial charge in [0.15, 0.2) is 0 Å². The summed E-state index contributed by atoms with van der Waals surface area (Å²) in [5, 5.41) is 0. The first-order valence-corrected chi connectivity index (χ1v) is 7.01. The van der Waals surface area contributed by atoms with E-state index in [9.17, 15) is 0 Å². The summed E-state index contributed by atoms with van der Waals surface area (Å²) in [4.78, 5) is 2.65. The summed E-state index contributed by atoms with van der Waals surface area (Å²) in [6.45, 7) is 11.9. The third kappa shape index (κ3) is 2.02. The third-order valence-corrected chi connectivity index (χ3v) is 5.15. The average molecular weight is 240 g/mol. The Morgan fingerprint density at radius 2 is 2.00 bits per heavy atom. The summed E-state index contributed by atoms with van der Waals surface area (Å²) >= 11 is 0. The SMILES string of the molecule is CC1CN(C2(CN)CCCC2(C)C)C(C)CO1. The molecule has 0 radical (unpaired) electrons. The highest BCUT2D eigenvalue weighted by molar-refractivity contribution is 5.09. The van der Waals surface area contributed by atoms with E-state index in [1.54, 1.807) is 0 Å². The predicted octanol–water partition coefficient (Wildman–Crippen LogP) is 2.00. The fourth-order valence-electron chi connectivity index (χ4n) is 3.92. The molecule has 1 saturated heterocycles. The first-order valence-electron chi connectivity index (χ1n) is 7.01. The normalized spacial score (nSPS) is 42.9. The summed E-state index contributed by atoms with van der Waals surface area (Å²) in [7, 11) is 0. The topological polar surface area (TPSA) is 38.5 Å². The number of morpholine rings is 1.